The number of amides is 1. The highest BCUT2D eigenvalue weighted by Crippen LogP contribution is 2.17. The summed E-state index contributed by atoms with van der Waals surface area (Å²) < 4.78 is 31.4. The van der Waals surface area contributed by atoms with Gasteiger partial charge in [0.2, 0.25) is 0 Å². The normalized spacial score (nSPS) is 11.7. The number of hydrogen-bond donors (Lipinski definition) is 1. The Hall–Kier alpha value is -2.70. The molecule has 0 bridgehead atoms. The number of nitrogens with one attached hydrogen (secondary N) is 1. The Bertz CT molecular complexity index is 734. The van der Waals surface area contributed by atoms with Crippen LogP contribution in [0, 0.1) is 11.6 Å². The smallest absolute Gasteiger partial charge is 0.261 e. The van der Waals surface area contributed by atoms with Crippen molar-refractivity contribution in [2.45, 2.75) is 33.4 Å². The van der Waals surface area contributed by atoms with Crippen molar-refractivity contribution in [1.29, 1.82) is 0 Å². The third-order valence-corrected chi connectivity index (χ3v) is 3.94. The fourth-order valence-corrected chi connectivity index (χ4v) is 2.40. The lowest BCUT2D eigenvalue weighted by Crippen LogP contribution is -2.36. The van der Waals surface area contributed by atoms with Gasteiger partial charge < -0.3 is 15.0 Å². The molecule has 26 heavy (non-hydrogen) atoms. The Morgan fingerprint density at radius 2 is 1.92 bits per heavy atom. The zero-order chi connectivity index (χ0) is 19.1. The Morgan fingerprint density at radius 3 is 2.50 bits per heavy atom. The lowest BCUT2D eigenvalue weighted by atomic mass is 10.2. The molecule has 0 saturated heterocycles. The Balaban J connectivity index is 1.88. The summed E-state index contributed by atoms with van der Waals surface area (Å²) in [6.45, 7) is 7.71. The van der Waals surface area contributed by atoms with Crippen molar-refractivity contribution in [1.82, 2.24) is 10.3 Å². The van der Waals surface area contributed by atoms with Crippen LogP contribution in [0.5, 0.6) is 5.75 Å². The quantitative estimate of drug-likeness (QED) is 0.782. The van der Waals surface area contributed by atoms with E-state index in [0.717, 1.165) is 36.6 Å². The summed E-state index contributed by atoms with van der Waals surface area (Å²) >= 11 is 0. The number of nitrogens with zero attached hydrogens (tertiary/aromatic N) is 2. The average Bonchev–Trinajstić information content (AvgIpc) is 2.64. The lowest BCUT2D eigenvalue weighted by molar-refractivity contribution is -0.127. The molecule has 1 aromatic carbocycles. The van der Waals surface area contributed by atoms with Crippen molar-refractivity contribution < 1.29 is 18.3 Å². The van der Waals surface area contributed by atoms with Gasteiger partial charge in [-0.25, -0.2) is 13.8 Å². The predicted molar refractivity (Wildman–Crippen MR) is 96.1 cm³/mol. The molecule has 1 aromatic heterocycles. The van der Waals surface area contributed by atoms with Gasteiger partial charge in [-0.1, -0.05) is 6.07 Å². The monoisotopic (exact) mass is 363 g/mol. The fourth-order valence-electron chi connectivity index (χ4n) is 2.40. The maximum Gasteiger partial charge on any atom is 0.261 e. The largest absolute Gasteiger partial charge is 0.481 e. The first-order chi connectivity index (χ1) is 12.4. The van der Waals surface area contributed by atoms with Crippen molar-refractivity contribution in [3.8, 4) is 5.75 Å². The fraction of sp³-hybridized carbons (Fsp3) is 0.368. The van der Waals surface area contributed by atoms with Gasteiger partial charge in [0.05, 0.1) is 0 Å². The summed E-state index contributed by atoms with van der Waals surface area (Å²) in [6.07, 6.45) is 0.872. The van der Waals surface area contributed by atoms with Crippen LogP contribution in [0.25, 0.3) is 0 Å². The van der Waals surface area contributed by atoms with Crippen LogP contribution in [0.4, 0.5) is 14.6 Å². The molecule has 0 spiro atoms. The van der Waals surface area contributed by atoms with Gasteiger partial charge in [0.15, 0.2) is 17.7 Å². The average molecular weight is 363 g/mol. The number of carbonyl (C=O) groups is 1. The number of anilines is 1. The highest BCUT2D eigenvalue weighted by molar-refractivity contribution is 5.80. The van der Waals surface area contributed by atoms with Crippen LogP contribution in [0.15, 0.2) is 36.5 Å². The summed E-state index contributed by atoms with van der Waals surface area (Å²) in [7, 11) is 0. The Morgan fingerprint density at radius 1 is 1.19 bits per heavy atom. The standard InChI is InChI=1S/C19H23F2N3O2/c1-4-24(5-2)18-9-6-14(11-22-18)12-23-19(25)13(3)26-15-7-8-16(20)17(21)10-15/h6-11,13H,4-5,12H2,1-3H3,(H,23,25). The number of aromatic nitrogens is 1. The molecule has 1 N–H and O–H groups in total. The summed E-state index contributed by atoms with van der Waals surface area (Å²) in [5, 5.41) is 2.74. The molecule has 5 nitrogen and oxygen atoms in total. The van der Waals surface area contributed by atoms with Gasteiger partial charge in [0.25, 0.3) is 5.91 Å². The zero-order valence-corrected chi connectivity index (χ0v) is 15.1. The molecular formula is C19H23F2N3O2. The molecule has 2 rings (SSSR count). The minimum atomic E-state index is -1.02. The van der Waals surface area contributed by atoms with Gasteiger partial charge in [-0.2, -0.15) is 0 Å². The molecule has 7 heteroatoms. The molecule has 0 aliphatic heterocycles. The number of benzene rings is 1. The van der Waals surface area contributed by atoms with E-state index in [-0.39, 0.29) is 11.7 Å². The van der Waals surface area contributed by atoms with Gasteiger partial charge in [-0.3, -0.25) is 4.79 Å². The van der Waals surface area contributed by atoms with Gasteiger partial charge in [0, 0.05) is 31.9 Å². The predicted octanol–water partition coefficient (Wildman–Crippen LogP) is 3.29. The van der Waals surface area contributed by atoms with E-state index in [9.17, 15) is 13.6 Å². The van der Waals surface area contributed by atoms with E-state index in [1.54, 1.807) is 6.20 Å². The molecule has 0 radical (unpaired) electrons. The van der Waals surface area contributed by atoms with Crippen molar-refractivity contribution in [3.63, 3.8) is 0 Å². The van der Waals surface area contributed by atoms with E-state index in [4.69, 9.17) is 4.74 Å². The van der Waals surface area contributed by atoms with Crippen LogP contribution in [-0.4, -0.2) is 30.1 Å². The third kappa shape index (κ3) is 5.15. The van der Waals surface area contributed by atoms with E-state index in [0.29, 0.717) is 6.54 Å². The summed E-state index contributed by atoms with van der Waals surface area (Å²) in [5.41, 5.74) is 0.856. The van der Waals surface area contributed by atoms with Crippen LogP contribution in [-0.2, 0) is 11.3 Å². The summed E-state index contributed by atoms with van der Waals surface area (Å²) in [4.78, 5) is 18.6. The van der Waals surface area contributed by atoms with Crippen molar-refractivity contribution >= 4 is 11.7 Å². The second-order valence-electron chi connectivity index (χ2n) is 5.75. The molecule has 1 unspecified atom stereocenters. The molecule has 0 saturated carbocycles. The second kappa shape index (κ2) is 9.12. The van der Waals surface area contributed by atoms with Gasteiger partial charge in [-0.15, -0.1) is 0 Å². The van der Waals surface area contributed by atoms with Crippen LogP contribution in [0.3, 0.4) is 0 Å². The van der Waals surface area contributed by atoms with E-state index in [1.807, 2.05) is 12.1 Å². The molecular weight excluding hydrogens is 340 g/mol. The SMILES string of the molecule is CCN(CC)c1ccc(CNC(=O)C(C)Oc2ccc(F)c(F)c2)cn1. The van der Waals surface area contributed by atoms with Crippen LogP contribution >= 0.6 is 0 Å². The summed E-state index contributed by atoms with van der Waals surface area (Å²) in [5.74, 6) is -1.36. The zero-order valence-electron chi connectivity index (χ0n) is 15.1. The van der Waals surface area contributed by atoms with E-state index >= 15 is 0 Å². The first kappa shape index (κ1) is 19.6. The Kier molecular flexibility index (Phi) is 6.89. The number of hydrogen-bond acceptors (Lipinski definition) is 4. The first-order valence-corrected chi connectivity index (χ1v) is 8.53. The molecule has 1 atom stereocenters. The molecule has 0 aliphatic rings. The molecule has 2 aromatic rings. The Labute approximate surface area is 152 Å². The topological polar surface area (TPSA) is 54.5 Å². The highest BCUT2D eigenvalue weighted by Gasteiger charge is 2.15. The number of pyridine rings is 1. The lowest BCUT2D eigenvalue weighted by Gasteiger charge is -2.19. The maximum atomic E-state index is 13.2. The van der Waals surface area contributed by atoms with Crippen LogP contribution in [0.2, 0.25) is 0 Å². The summed E-state index contributed by atoms with van der Waals surface area (Å²) in [6, 6.07) is 6.96. The van der Waals surface area contributed by atoms with Crippen molar-refractivity contribution in [2.75, 3.05) is 18.0 Å². The van der Waals surface area contributed by atoms with Gasteiger partial charge >= 0.3 is 0 Å². The van der Waals surface area contributed by atoms with E-state index in [1.165, 1.54) is 13.0 Å². The number of halogens is 2. The van der Waals surface area contributed by atoms with Crippen LogP contribution in [0.1, 0.15) is 26.3 Å². The first-order valence-electron chi connectivity index (χ1n) is 8.53. The molecule has 1 heterocycles. The van der Waals surface area contributed by atoms with Crippen molar-refractivity contribution in [3.05, 3.63) is 53.7 Å². The number of rotatable bonds is 8. The minimum Gasteiger partial charge on any atom is -0.481 e. The molecule has 0 aliphatic carbocycles. The highest BCUT2D eigenvalue weighted by atomic mass is 19.2. The van der Waals surface area contributed by atoms with Crippen LogP contribution < -0.4 is 15.0 Å². The molecule has 140 valence electrons. The van der Waals surface area contributed by atoms with Gasteiger partial charge in [0.1, 0.15) is 11.6 Å². The third-order valence-electron chi connectivity index (χ3n) is 3.94. The molecule has 0 fully saturated rings. The second-order valence-corrected chi connectivity index (χ2v) is 5.75. The van der Waals surface area contributed by atoms with E-state index < -0.39 is 17.7 Å². The minimum absolute atomic E-state index is 0.0943. The van der Waals surface area contributed by atoms with Crippen molar-refractivity contribution in [2.24, 2.45) is 0 Å². The number of carbonyl (C=O) groups excluding carboxylic acids is 1. The molecule has 1 amide bonds. The maximum absolute atomic E-state index is 13.2. The van der Waals surface area contributed by atoms with Gasteiger partial charge in [-0.05, 0) is 44.5 Å². The number of ether oxygens (including phenoxy) is 1. The van der Waals surface area contributed by atoms with E-state index in [2.05, 4.69) is 29.0 Å².